The quantitative estimate of drug-likeness (QED) is 0.500. The molecule has 1 aliphatic rings. The van der Waals surface area contributed by atoms with E-state index in [9.17, 15) is 9.59 Å². The number of rotatable bonds is 6. The molecule has 1 aliphatic heterocycles. The number of carbonyl (C=O) groups is 2. The minimum absolute atomic E-state index is 0.165. The highest BCUT2D eigenvalue weighted by molar-refractivity contribution is 8.00. The summed E-state index contributed by atoms with van der Waals surface area (Å²) in [5.41, 5.74) is 6.54. The van der Waals surface area contributed by atoms with Gasteiger partial charge in [0.1, 0.15) is 0 Å². The second kappa shape index (κ2) is 9.64. The maximum atomic E-state index is 11.9. The highest BCUT2D eigenvalue weighted by atomic mass is 32.2. The molecule has 1 fully saturated rings. The molecule has 1 saturated heterocycles. The number of aliphatic imine (C=N–C) groups is 1. The molecule has 1 aromatic rings. The molecule has 8 heteroatoms. The predicted octanol–water partition coefficient (Wildman–Crippen LogP) is 1.19. The number of thioether (sulfide) groups is 1. The van der Waals surface area contributed by atoms with Gasteiger partial charge in [0.2, 0.25) is 5.91 Å². The molecule has 0 aliphatic carbocycles. The number of benzene rings is 1. The van der Waals surface area contributed by atoms with E-state index >= 15 is 0 Å². The van der Waals surface area contributed by atoms with Gasteiger partial charge in [-0.3, -0.25) is 9.59 Å². The van der Waals surface area contributed by atoms with E-state index in [1.807, 2.05) is 23.9 Å². The van der Waals surface area contributed by atoms with Gasteiger partial charge in [-0.05, 0) is 38.5 Å². The van der Waals surface area contributed by atoms with Crippen molar-refractivity contribution in [3.05, 3.63) is 35.4 Å². The molecule has 148 valence electrons. The van der Waals surface area contributed by atoms with Crippen molar-refractivity contribution < 1.29 is 9.59 Å². The zero-order valence-electron chi connectivity index (χ0n) is 16.2. The van der Waals surface area contributed by atoms with Crippen LogP contribution in [0.15, 0.2) is 29.3 Å². The van der Waals surface area contributed by atoms with Crippen molar-refractivity contribution >= 4 is 29.5 Å². The summed E-state index contributed by atoms with van der Waals surface area (Å²) in [5.74, 6) is 1.14. The molecule has 0 bridgehead atoms. The summed E-state index contributed by atoms with van der Waals surface area (Å²) in [4.78, 5) is 29.7. The predicted molar refractivity (Wildman–Crippen MR) is 111 cm³/mol. The minimum atomic E-state index is -0.565. The molecule has 0 unspecified atom stereocenters. The largest absolute Gasteiger partial charge is 0.368 e. The van der Waals surface area contributed by atoms with E-state index in [4.69, 9.17) is 10.7 Å². The normalized spacial score (nSPS) is 16.7. The standard InChI is InChI=1S/C19H29N5O2S/c1-4-21-18(24-9-10-27-19(2,3)13-24)23-11-14-5-7-15(8-6-14)17(26)22-12-16(20)25/h5-8H,4,9-13H2,1-3H3,(H2,20,25)(H,21,23)(H,22,26). The number of hydrogen-bond acceptors (Lipinski definition) is 4. The lowest BCUT2D eigenvalue weighted by Crippen LogP contribution is -2.50. The van der Waals surface area contributed by atoms with Crippen molar-refractivity contribution in [1.82, 2.24) is 15.5 Å². The van der Waals surface area contributed by atoms with Crippen molar-refractivity contribution in [3.8, 4) is 0 Å². The molecular weight excluding hydrogens is 362 g/mol. The van der Waals surface area contributed by atoms with Crippen LogP contribution in [0.2, 0.25) is 0 Å². The lowest BCUT2D eigenvalue weighted by molar-refractivity contribution is -0.117. The number of hydrogen-bond donors (Lipinski definition) is 3. The second-order valence-corrected chi connectivity index (χ2v) is 8.85. The van der Waals surface area contributed by atoms with Crippen molar-refractivity contribution in [1.29, 1.82) is 0 Å². The van der Waals surface area contributed by atoms with Crippen LogP contribution in [-0.4, -0.2) is 59.4 Å². The Morgan fingerprint density at radius 2 is 1.96 bits per heavy atom. The Hall–Kier alpha value is -2.22. The topological polar surface area (TPSA) is 99.8 Å². The third-order valence-electron chi connectivity index (χ3n) is 4.11. The van der Waals surface area contributed by atoms with E-state index in [1.165, 1.54) is 0 Å². The van der Waals surface area contributed by atoms with Crippen LogP contribution in [0.25, 0.3) is 0 Å². The molecule has 0 atom stereocenters. The number of carbonyl (C=O) groups excluding carboxylic acids is 2. The van der Waals surface area contributed by atoms with Gasteiger partial charge in [-0.15, -0.1) is 0 Å². The Morgan fingerprint density at radius 3 is 2.56 bits per heavy atom. The molecule has 1 heterocycles. The highest BCUT2D eigenvalue weighted by Crippen LogP contribution is 2.29. The Morgan fingerprint density at radius 1 is 1.26 bits per heavy atom. The van der Waals surface area contributed by atoms with Crippen molar-refractivity contribution in [2.24, 2.45) is 10.7 Å². The van der Waals surface area contributed by atoms with Crippen LogP contribution in [0.1, 0.15) is 36.7 Å². The van der Waals surface area contributed by atoms with Gasteiger partial charge in [0.25, 0.3) is 5.91 Å². The molecule has 2 amide bonds. The molecular formula is C19H29N5O2S. The molecule has 0 spiro atoms. The van der Waals surface area contributed by atoms with Crippen LogP contribution in [0.4, 0.5) is 0 Å². The number of primary amides is 1. The first-order valence-electron chi connectivity index (χ1n) is 9.13. The summed E-state index contributed by atoms with van der Waals surface area (Å²) in [7, 11) is 0. The lowest BCUT2D eigenvalue weighted by Gasteiger charge is -2.39. The Balaban J connectivity index is 2.01. The van der Waals surface area contributed by atoms with Crippen LogP contribution in [0.3, 0.4) is 0 Å². The first-order chi connectivity index (χ1) is 12.8. The summed E-state index contributed by atoms with van der Waals surface area (Å²) in [6, 6.07) is 7.22. The molecule has 7 nitrogen and oxygen atoms in total. The molecule has 27 heavy (non-hydrogen) atoms. The van der Waals surface area contributed by atoms with E-state index in [1.54, 1.807) is 12.1 Å². The maximum Gasteiger partial charge on any atom is 0.251 e. The fourth-order valence-corrected chi connectivity index (χ4v) is 3.93. The van der Waals surface area contributed by atoms with E-state index in [-0.39, 0.29) is 17.2 Å². The summed E-state index contributed by atoms with van der Waals surface area (Å²) in [5, 5.41) is 5.85. The van der Waals surface area contributed by atoms with Gasteiger partial charge in [-0.1, -0.05) is 12.1 Å². The van der Waals surface area contributed by atoms with Gasteiger partial charge < -0.3 is 21.3 Å². The summed E-state index contributed by atoms with van der Waals surface area (Å²) in [6.45, 7) is 9.73. The number of nitrogens with two attached hydrogens (primary N) is 1. The van der Waals surface area contributed by atoms with Crippen molar-refractivity contribution in [2.45, 2.75) is 32.1 Å². The zero-order chi connectivity index (χ0) is 19.9. The van der Waals surface area contributed by atoms with E-state index in [0.29, 0.717) is 12.1 Å². The zero-order valence-corrected chi connectivity index (χ0v) is 17.1. The average Bonchev–Trinajstić information content (AvgIpc) is 2.62. The maximum absolute atomic E-state index is 11.9. The first kappa shape index (κ1) is 21.1. The summed E-state index contributed by atoms with van der Waals surface area (Å²) in [6.07, 6.45) is 0. The number of nitrogens with one attached hydrogen (secondary N) is 2. The van der Waals surface area contributed by atoms with Gasteiger partial charge in [-0.25, -0.2) is 4.99 Å². The van der Waals surface area contributed by atoms with Crippen LogP contribution >= 0.6 is 11.8 Å². The van der Waals surface area contributed by atoms with Crippen LogP contribution in [0.5, 0.6) is 0 Å². The minimum Gasteiger partial charge on any atom is -0.368 e. The van der Waals surface area contributed by atoms with E-state index < -0.39 is 5.91 Å². The molecule has 4 N–H and O–H groups in total. The van der Waals surface area contributed by atoms with Gasteiger partial charge in [-0.2, -0.15) is 11.8 Å². The fourth-order valence-electron chi connectivity index (χ4n) is 2.82. The fraction of sp³-hybridized carbons (Fsp3) is 0.526. The molecule has 2 rings (SSSR count). The van der Waals surface area contributed by atoms with Gasteiger partial charge in [0, 0.05) is 35.7 Å². The Bertz CT molecular complexity index is 688. The van der Waals surface area contributed by atoms with Crippen molar-refractivity contribution in [2.75, 3.05) is 31.9 Å². The SMILES string of the molecule is CCNC(=NCc1ccc(C(=O)NCC(N)=O)cc1)N1CCSC(C)(C)C1. The first-order valence-corrected chi connectivity index (χ1v) is 10.1. The lowest BCUT2D eigenvalue weighted by atomic mass is 10.1. The summed E-state index contributed by atoms with van der Waals surface area (Å²) >= 11 is 1.99. The van der Waals surface area contributed by atoms with Gasteiger partial charge >= 0.3 is 0 Å². The number of amides is 2. The van der Waals surface area contributed by atoms with Crippen LogP contribution < -0.4 is 16.4 Å². The third kappa shape index (κ3) is 6.78. The average molecular weight is 392 g/mol. The molecule has 1 aromatic carbocycles. The van der Waals surface area contributed by atoms with Crippen LogP contribution in [0, 0.1) is 0 Å². The van der Waals surface area contributed by atoms with E-state index in [0.717, 1.165) is 36.9 Å². The smallest absolute Gasteiger partial charge is 0.251 e. The Labute approximate surface area is 165 Å². The molecule has 0 aromatic heterocycles. The van der Waals surface area contributed by atoms with Gasteiger partial charge in [0.15, 0.2) is 5.96 Å². The monoisotopic (exact) mass is 391 g/mol. The van der Waals surface area contributed by atoms with Gasteiger partial charge in [0.05, 0.1) is 13.1 Å². The van der Waals surface area contributed by atoms with Crippen LogP contribution in [-0.2, 0) is 11.3 Å². The highest BCUT2D eigenvalue weighted by Gasteiger charge is 2.28. The number of nitrogens with zero attached hydrogens (tertiary/aromatic N) is 2. The number of guanidine groups is 1. The molecule has 0 saturated carbocycles. The Kier molecular flexibility index (Phi) is 7.53. The second-order valence-electron chi connectivity index (χ2n) is 7.05. The summed E-state index contributed by atoms with van der Waals surface area (Å²) < 4.78 is 0.217. The molecule has 0 radical (unpaired) electrons. The third-order valence-corrected chi connectivity index (χ3v) is 5.41. The van der Waals surface area contributed by atoms with Crippen molar-refractivity contribution in [3.63, 3.8) is 0 Å². The van der Waals surface area contributed by atoms with E-state index in [2.05, 4.69) is 36.3 Å².